The van der Waals surface area contributed by atoms with E-state index in [-0.39, 0.29) is 24.1 Å². The van der Waals surface area contributed by atoms with E-state index in [9.17, 15) is 13.2 Å². The Balaban J connectivity index is 1.49. The maximum Gasteiger partial charge on any atom is 0.224 e. The van der Waals surface area contributed by atoms with Crippen molar-refractivity contribution in [2.75, 3.05) is 18.8 Å². The number of rotatable bonds is 8. The fourth-order valence-corrected chi connectivity index (χ4v) is 5.06. The van der Waals surface area contributed by atoms with Crippen LogP contribution in [-0.2, 0) is 27.8 Å². The largest absolute Gasteiger partial charge is 0.352 e. The van der Waals surface area contributed by atoms with E-state index < -0.39 is 10.0 Å². The van der Waals surface area contributed by atoms with E-state index in [4.69, 9.17) is 0 Å². The molecule has 0 radical (unpaired) electrons. The van der Waals surface area contributed by atoms with Crippen LogP contribution in [0.2, 0.25) is 0 Å². The summed E-state index contributed by atoms with van der Waals surface area (Å²) in [7, 11) is -3.34. The summed E-state index contributed by atoms with van der Waals surface area (Å²) >= 11 is 0. The van der Waals surface area contributed by atoms with Crippen molar-refractivity contribution in [3.8, 4) is 0 Å². The molecule has 1 N–H and O–H groups in total. The molecule has 3 rings (SSSR count). The summed E-state index contributed by atoms with van der Waals surface area (Å²) in [6.07, 6.45) is 6.13. The van der Waals surface area contributed by atoms with E-state index in [0.717, 1.165) is 24.0 Å². The fraction of sp³-hybridized carbons (Fsp3) is 0.429. The molecule has 1 aromatic carbocycles. The number of benzene rings is 1. The van der Waals surface area contributed by atoms with Crippen LogP contribution in [-0.4, -0.2) is 42.5 Å². The molecular formula is C21H27N3O3S. The predicted octanol–water partition coefficient (Wildman–Crippen LogP) is 2.37. The third kappa shape index (κ3) is 5.87. The van der Waals surface area contributed by atoms with Gasteiger partial charge in [0.05, 0.1) is 11.7 Å². The maximum absolute atomic E-state index is 12.7. The number of amides is 1. The summed E-state index contributed by atoms with van der Waals surface area (Å²) in [4.78, 5) is 16.5. The van der Waals surface area contributed by atoms with Crippen molar-refractivity contribution in [2.45, 2.75) is 32.2 Å². The van der Waals surface area contributed by atoms with Gasteiger partial charge in [-0.2, -0.15) is 0 Å². The van der Waals surface area contributed by atoms with E-state index in [1.54, 1.807) is 12.4 Å². The van der Waals surface area contributed by atoms with Gasteiger partial charge < -0.3 is 5.32 Å². The highest BCUT2D eigenvalue weighted by molar-refractivity contribution is 7.89. The highest BCUT2D eigenvalue weighted by Gasteiger charge is 2.31. The summed E-state index contributed by atoms with van der Waals surface area (Å²) in [6, 6.07) is 13.6. The Morgan fingerprint density at radius 1 is 1.11 bits per heavy atom. The van der Waals surface area contributed by atoms with Crippen molar-refractivity contribution in [3.63, 3.8) is 0 Å². The number of nitrogens with zero attached hydrogens (tertiary/aromatic N) is 2. The number of nitrogens with one attached hydrogen (secondary N) is 1. The first-order chi connectivity index (χ1) is 13.5. The van der Waals surface area contributed by atoms with Gasteiger partial charge in [-0.1, -0.05) is 30.3 Å². The molecule has 0 spiro atoms. The number of piperidine rings is 1. The van der Waals surface area contributed by atoms with Crippen LogP contribution in [0.4, 0.5) is 0 Å². The van der Waals surface area contributed by atoms with Crippen molar-refractivity contribution >= 4 is 15.9 Å². The van der Waals surface area contributed by atoms with Gasteiger partial charge in [-0.05, 0) is 48.9 Å². The minimum Gasteiger partial charge on any atom is -0.352 e. The summed E-state index contributed by atoms with van der Waals surface area (Å²) in [5, 5.41) is 2.92. The monoisotopic (exact) mass is 401 g/mol. The fourth-order valence-electron chi connectivity index (χ4n) is 3.48. The van der Waals surface area contributed by atoms with Crippen molar-refractivity contribution in [1.82, 2.24) is 14.6 Å². The normalized spacial score (nSPS) is 17.9. The van der Waals surface area contributed by atoms with Gasteiger partial charge in [0.2, 0.25) is 15.9 Å². The highest BCUT2D eigenvalue weighted by Crippen LogP contribution is 2.20. The minimum absolute atomic E-state index is 0.0824. The molecule has 1 aromatic heterocycles. The van der Waals surface area contributed by atoms with Crippen LogP contribution >= 0.6 is 0 Å². The molecule has 1 amide bonds. The third-order valence-electron chi connectivity index (χ3n) is 5.07. The van der Waals surface area contributed by atoms with Gasteiger partial charge in [-0.15, -0.1) is 0 Å². The van der Waals surface area contributed by atoms with Crippen LogP contribution in [0, 0.1) is 5.92 Å². The number of aromatic nitrogens is 1. The smallest absolute Gasteiger partial charge is 0.224 e. The summed E-state index contributed by atoms with van der Waals surface area (Å²) < 4.78 is 26.9. The Bertz CT molecular complexity index is 857. The maximum atomic E-state index is 12.7. The SMILES string of the molecule is O=C(NCc1ccncc1)[C@@H]1CCCN(S(=O)(=O)CCCc2ccccc2)C1. The molecule has 0 unspecified atom stereocenters. The van der Waals surface area contributed by atoms with Gasteiger partial charge in [0.1, 0.15) is 0 Å². The molecule has 7 heteroatoms. The van der Waals surface area contributed by atoms with Crippen molar-refractivity contribution in [3.05, 3.63) is 66.0 Å². The first-order valence-electron chi connectivity index (χ1n) is 9.73. The molecule has 6 nitrogen and oxygen atoms in total. The molecule has 2 aromatic rings. The molecule has 1 atom stereocenters. The highest BCUT2D eigenvalue weighted by atomic mass is 32.2. The predicted molar refractivity (Wildman–Crippen MR) is 109 cm³/mol. The average Bonchev–Trinajstić information content (AvgIpc) is 2.73. The Hall–Kier alpha value is -2.25. The van der Waals surface area contributed by atoms with E-state index >= 15 is 0 Å². The number of carbonyl (C=O) groups is 1. The lowest BCUT2D eigenvalue weighted by Gasteiger charge is -2.31. The van der Waals surface area contributed by atoms with Crippen LogP contribution in [0.5, 0.6) is 0 Å². The lowest BCUT2D eigenvalue weighted by Crippen LogP contribution is -2.46. The zero-order valence-electron chi connectivity index (χ0n) is 16.0. The number of carbonyl (C=O) groups excluding carboxylic acids is 1. The lowest BCUT2D eigenvalue weighted by molar-refractivity contribution is -0.126. The quantitative estimate of drug-likeness (QED) is 0.737. The number of aryl methyl sites for hydroxylation is 1. The number of pyridine rings is 1. The lowest BCUT2D eigenvalue weighted by atomic mass is 9.99. The summed E-state index contributed by atoms with van der Waals surface area (Å²) in [5.41, 5.74) is 2.12. The average molecular weight is 402 g/mol. The van der Waals surface area contributed by atoms with Gasteiger partial charge in [0, 0.05) is 32.0 Å². The molecule has 28 heavy (non-hydrogen) atoms. The van der Waals surface area contributed by atoms with Crippen molar-refractivity contribution in [1.29, 1.82) is 0 Å². The Morgan fingerprint density at radius 2 is 1.86 bits per heavy atom. The second kappa shape index (κ2) is 9.80. The molecular weight excluding hydrogens is 374 g/mol. The number of hydrogen-bond donors (Lipinski definition) is 1. The summed E-state index contributed by atoms with van der Waals surface area (Å²) in [5.74, 6) is -0.256. The van der Waals surface area contributed by atoms with Crippen molar-refractivity contribution < 1.29 is 13.2 Å². The topological polar surface area (TPSA) is 79.4 Å². The molecule has 2 heterocycles. The van der Waals surface area contributed by atoms with Gasteiger partial charge in [-0.3, -0.25) is 9.78 Å². The first kappa shape index (κ1) is 20.5. The zero-order valence-corrected chi connectivity index (χ0v) is 16.8. The molecule has 150 valence electrons. The van der Waals surface area contributed by atoms with Gasteiger partial charge in [0.25, 0.3) is 0 Å². The van der Waals surface area contributed by atoms with Gasteiger partial charge in [0.15, 0.2) is 0 Å². The van der Waals surface area contributed by atoms with Gasteiger partial charge in [-0.25, -0.2) is 12.7 Å². The number of hydrogen-bond acceptors (Lipinski definition) is 4. The van der Waals surface area contributed by atoms with Crippen LogP contribution in [0.3, 0.4) is 0 Å². The van der Waals surface area contributed by atoms with Crippen molar-refractivity contribution in [2.24, 2.45) is 5.92 Å². The number of sulfonamides is 1. The molecule has 1 aliphatic heterocycles. The van der Waals surface area contributed by atoms with E-state index in [2.05, 4.69) is 10.3 Å². The minimum atomic E-state index is -3.34. The second-order valence-electron chi connectivity index (χ2n) is 7.18. The van der Waals surface area contributed by atoms with Crippen LogP contribution in [0.25, 0.3) is 0 Å². The molecule has 1 saturated heterocycles. The molecule has 1 fully saturated rings. The third-order valence-corrected chi connectivity index (χ3v) is 7.00. The van der Waals surface area contributed by atoms with Crippen LogP contribution in [0.1, 0.15) is 30.4 Å². The Labute approximate surface area is 167 Å². The molecule has 1 aliphatic rings. The van der Waals surface area contributed by atoms with E-state index in [1.165, 1.54) is 4.31 Å². The van der Waals surface area contributed by atoms with E-state index in [1.807, 2.05) is 42.5 Å². The molecule has 0 saturated carbocycles. The van der Waals surface area contributed by atoms with Crippen LogP contribution in [0.15, 0.2) is 54.9 Å². The van der Waals surface area contributed by atoms with Gasteiger partial charge >= 0.3 is 0 Å². The second-order valence-corrected chi connectivity index (χ2v) is 9.26. The van der Waals surface area contributed by atoms with Crippen LogP contribution < -0.4 is 5.32 Å². The van der Waals surface area contributed by atoms with E-state index in [0.29, 0.717) is 25.9 Å². The molecule has 0 bridgehead atoms. The zero-order chi connectivity index (χ0) is 19.8. The Morgan fingerprint density at radius 3 is 2.61 bits per heavy atom. The summed E-state index contributed by atoms with van der Waals surface area (Å²) in [6.45, 7) is 1.21. The standard InChI is InChI=1S/C21H27N3O3S/c25-21(23-16-19-10-12-22-13-11-19)20-9-4-14-24(17-20)28(26,27)15-5-8-18-6-2-1-3-7-18/h1-3,6-7,10-13,20H,4-5,8-9,14-17H2,(H,23,25)/t20-/m1/s1. The first-order valence-corrected chi connectivity index (χ1v) is 11.3. The molecule has 0 aliphatic carbocycles. The Kier molecular flexibility index (Phi) is 7.17.